The molecule has 1 aromatic carbocycles. The summed E-state index contributed by atoms with van der Waals surface area (Å²) in [6, 6.07) is 6.59. The molecule has 1 aromatic rings. The van der Waals surface area contributed by atoms with Crippen LogP contribution in [-0.2, 0) is 6.54 Å². The third-order valence-corrected chi connectivity index (χ3v) is 3.81. The van der Waals surface area contributed by atoms with Crippen molar-refractivity contribution in [3.8, 4) is 0 Å². The first-order valence-corrected chi connectivity index (χ1v) is 6.46. The second-order valence-electron chi connectivity index (χ2n) is 3.61. The van der Waals surface area contributed by atoms with E-state index in [1.807, 2.05) is 12.1 Å². The molecular weight excluding hydrogens is 322 g/mol. The van der Waals surface area contributed by atoms with Crippen LogP contribution in [0.1, 0.15) is 18.9 Å². The lowest BCUT2D eigenvalue weighted by Crippen LogP contribution is -2.27. The zero-order chi connectivity index (χ0) is 11.3. The van der Waals surface area contributed by atoms with Gasteiger partial charge in [0, 0.05) is 16.2 Å². The van der Waals surface area contributed by atoms with E-state index in [0.717, 1.165) is 28.1 Å². The molecule has 0 bridgehead atoms. The standard InChI is InChI=1S/C11H16ClIN2/c1-8(4-5-14)15-7-9-2-3-11(13)10(12)6-9/h2-3,6,8,15H,4-5,7,14H2,1H3. The third kappa shape index (κ3) is 4.68. The average Bonchev–Trinajstić information content (AvgIpc) is 2.20. The van der Waals surface area contributed by atoms with Crippen LogP contribution >= 0.6 is 34.2 Å². The van der Waals surface area contributed by atoms with E-state index in [9.17, 15) is 0 Å². The van der Waals surface area contributed by atoms with Gasteiger partial charge in [0.05, 0.1) is 5.02 Å². The maximum atomic E-state index is 6.04. The van der Waals surface area contributed by atoms with Crippen molar-refractivity contribution in [2.45, 2.75) is 25.9 Å². The number of rotatable bonds is 5. The highest BCUT2D eigenvalue weighted by Gasteiger charge is 2.02. The Balaban J connectivity index is 2.47. The summed E-state index contributed by atoms with van der Waals surface area (Å²) in [6.45, 7) is 3.71. The van der Waals surface area contributed by atoms with Crippen molar-refractivity contribution < 1.29 is 0 Å². The zero-order valence-electron chi connectivity index (χ0n) is 8.76. The van der Waals surface area contributed by atoms with E-state index < -0.39 is 0 Å². The van der Waals surface area contributed by atoms with E-state index in [1.54, 1.807) is 0 Å². The molecule has 3 N–H and O–H groups in total. The number of hydrogen-bond donors (Lipinski definition) is 2. The van der Waals surface area contributed by atoms with Crippen LogP contribution in [0, 0.1) is 3.57 Å². The van der Waals surface area contributed by atoms with E-state index in [1.165, 1.54) is 5.56 Å². The summed E-state index contributed by atoms with van der Waals surface area (Å²) >= 11 is 8.26. The summed E-state index contributed by atoms with van der Waals surface area (Å²) in [5.74, 6) is 0. The Morgan fingerprint density at radius 1 is 1.53 bits per heavy atom. The lowest BCUT2D eigenvalue weighted by molar-refractivity contribution is 0.520. The van der Waals surface area contributed by atoms with Gasteiger partial charge in [-0.25, -0.2) is 0 Å². The summed E-state index contributed by atoms with van der Waals surface area (Å²) in [4.78, 5) is 0. The zero-order valence-corrected chi connectivity index (χ0v) is 11.7. The molecule has 84 valence electrons. The fourth-order valence-corrected chi connectivity index (χ4v) is 1.83. The van der Waals surface area contributed by atoms with Gasteiger partial charge in [-0.2, -0.15) is 0 Å². The maximum Gasteiger partial charge on any atom is 0.0542 e. The molecule has 0 aromatic heterocycles. The van der Waals surface area contributed by atoms with Gasteiger partial charge in [0.2, 0.25) is 0 Å². The Morgan fingerprint density at radius 2 is 2.27 bits per heavy atom. The van der Waals surface area contributed by atoms with Crippen molar-refractivity contribution in [2.24, 2.45) is 5.73 Å². The normalized spacial score (nSPS) is 12.8. The van der Waals surface area contributed by atoms with Gasteiger partial charge < -0.3 is 11.1 Å². The van der Waals surface area contributed by atoms with E-state index in [-0.39, 0.29) is 0 Å². The van der Waals surface area contributed by atoms with Crippen molar-refractivity contribution in [3.63, 3.8) is 0 Å². The van der Waals surface area contributed by atoms with E-state index >= 15 is 0 Å². The minimum absolute atomic E-state index is 0.452. The Hall–Kier alpha value is 0.160. The van der Waals surface area contributed by atoms with Crippen LogP contribution in [0.2, 0.25) is 5.02 Å². The second kappa shape index (κ2) is 6.68. The SMILES string of the molecule is CC(CCN)NCc1ccc(I)c(Cl)c1. The second-order valence-corrected chi connectivity index (χ2v) is 5.18. The minimum Gasteiger partial charge on any atom is -0.330 e. The van der Waals surface area contributed by atoms with Crippen LogP contribution in [0.5, 0.6) is 0 Å². The van der Waals surface area contributed by atoms with Crippen LogP contribution in [0.3, 0.4) is 0 Å². The molecule has 15 heavy (non-hydrogen) atoms. The minimum atomic E-state index is 0.452. The van der Waals surface area contributed by atoms with Crippen molar-refractivity contribution in [1.29, 1.82) is 0 Å². The molecule has 2 nitrogen and oxygen atoms in total. The molecule has 0 amide bonds. The maximum absolute atomic E-state index is 6.04. The first kappa shape index (κ1) is 13.2. The molecule has 1 unspecified atom stereocenters. The van der Waals surface area contributed by atoms with Crippen molar-refractivity contribution >= 4 is 34.2 Å². The van der Waals surface area contributed by atoms with Gasteiger partial charge in [0.25, 0.3) is 0 Å². The number of benzene rings is 1. The highest BCUT2D eigenvalue weighted by molar-refractivity contribution is 14.1. The fourth-order valence-electron chi connectivity index (χ4n) is 1.29. The van der Waals surface area contributed by atoms with Gasteiger partial charge in [-0.3, -0.25) is 0 Å². The van der Waals surface area contributed by atoms with Crippen LogP contribution in [-0.4, -0.2) is 12.6 Å². The third-order valence-electron chi connectivity index (χ3n) is 2.24. The van der Waals surface area contributed by atoms with Gasteiger partial charge in [-0.15, -0.1) is 0 Å². The molecule has 1 atom stereocenters. The molecule has 0 aliphatic carbocycles. The van der Waals surface area contributed by atoms with Crippen molar-refractivity contribution in [1.82, 2.24) is 5.32 Å². The number of halogens is 2. The molecule has 0 aliphatic heterocycles. The predicted molar refractivity (Wildman–Crippen MR) is 74.1 cm³/mol. The molecule has 0 fully saturated rings. The summed E-state index contributed by atoms with van der Waals surface area (Å²) in [6.07, 6.45) is 0.998. The Bertz CT molecular complexity index is 317. The highest BCUT2D eigenvalue weighted by atomic mass is 127. The lowest BCUT2D eigenvalue weighted by Gasteiger charge is -2.12. The molecule has 0 aliphatic rings. The van der Waals surface area contributed by atoms with Gasteiger partial charge >= 0.3 is 0 Å². The average molecular weight is 339 g/mol. The number of hydrogen-bond acceptors (Lipinski definition) is 2. The van der Waals surface area contributed by atoms with Gasteiger partial charge in [-0.05, 0) is 60.2 Å². The van der Waals surface area contributed by atoms with Crippen molar-refractivity contribution in [3.05, 3.63) is 32.4 Å². The molecule has 4 heteroatoms. The molecule has 0 saturated heterocycles. The topological polar surface area (TPSA) is 38.0 Å². The summed E-state index contributed by atoms with van der Waals surface area (Å²) in [5.41, 5.74) is 6.69. The molecule has 0 radical (unpaired) electrons. The number of nitrogens with one attached hydrogen (secondary N) is 1. The Labute approximate surface area is 110 Å². The largest absolute Gasteiger partial charge is 0.330 e. The molecular formula is C11H16ClIN2. The molecule has 0 spiro atoms. The van der Waals surface area contributed by atoms with E-state index in [4.69, 9.17) is 17.3 Å². The van der Waals surface area contributed by atoms with Gasteiger partial charge in [0.1, 0.15) is 0 Å². The van der Waals surface area contributed by atoms with Gasteiger partial charge in [-0.1, -0.05) is 17.7 Å². The fraction of sp³-hybridized carbons (Fsp3) is 0.455. The molecule has 0 saturated carbocycles. The predicted octanol–water partition coefficient (Wildman–Crippen LogP) is 2.77. The van der Waals surface area contributed by atoms with Crippen LogP contribution < -0.4 is 11.1 Å². The van der Waals surface area contributed by atoms with Crippen molar-refractivity contribution in [2.75, 3.05) is 6.54 Å². The first-order chi connectivity index (χ1) is 7.13. The lowest BCUT2D eigenvalue weighted by atomic mass is 10.2. The highest BCUT2D eigenvalue weighted by Crippen LogP contribution is 2.19. The summed E-state index contributed by atoms with van der Waals surface area (Å²) < 4.78 is 1.09. The summed E-state index contributed by atoms with van der Waals surface area (Å²) in [5, 5.41) is 4.23. The molecule has 0 heterocycles. The van der Waals surface area contributed by atoms with Crippen LogP contribution in [0.4, 0.5) is 0 Å². The van der Waals surface area contributed by atoms with Gasteiger partial charge in [0.15, 0.2) is 0 Å². The van der Waals surface area contributed by atoms with E-state index in [2.05, 4.69) is 40.9 Å². The summed E-state index contributed by atoms with van der Waals surface area (Å²) in [7, 11) is 0. The molecule has 1 rings (SSSR count). The monoisotopic (exact) mass is 338 g/mol. The van der Waals surface area contributed by atoms with E-state index in [0.29, 0.717) is 6.04 Å². The van der Waals surface area contributed by atoms with Crippen LogP contribution in [0.15, 0.2) is 18.2 Å². The smallest absolute Gasteiger partial charge is 0.0542 e. The first-order valence-electron chi connectivity index (χ1n) is 5.01. The number of nitrogens with two attached hydrogens (primary N) is 1. The Morgan fingerprint density at radius 3 is 2.87 bits per heavy atom. The quantitative estimate of drug-likeness (QED) is 0.810. The Kier molecular flexibility index (Phi) is 5.89. The van der Waals surface area contributed by atoms with Crippen LogP contribution in [0.25, 0.3) is 0 Å².